The topological polar surface area (TPSA) is 42.0 Å². The number of amides is 1. The van der Waals surface area contributed by atoms with E-state index in [1.54, 1.807) is 0 Å². The number of hydrogen-bond donors (Lipinski definition) is 1. The minimum absolute atomic E-state index is 0.0118. The van der Waals surface area contributed by atoms with Gasteiger partial charge >= 0.3 is 0 Å². The van der Waals surface area contributed by atoms with Gasteiger partial charge in [-0.05, 0) is 24.1 Å². The first-order chi connectivity index (χ1) is 8.77. The van der Waals surface area contributed by atoms with Gasteiger partial charge in [-0.2, -0.15) is 0 Å². The molecule has 1 amide bonds. The smallest absolute Gasteiger partial charge is 0.216 e. The fourth-order valence-electron chi connectivity index (χ4n) is 1.81. The van der Waals surface area contributed by atoms with Crippen LogP contribution in [0.2, 0.25) is 0 Å². The second-order valence-corrected chi connectivity index (χ2v) is 4.09. The lowest BCUT2D eigenvalue weighted by atomic mass is 10.1. The van der Waals surface area contributed by atoms with Crippen LogP contribution < -0.4 is 5.32 Å². The van der Waals surface area contributed by atoms with E-state index in [4.69, 9.17) is 0 Å². The number of pyridine rings is 1. The average molecular weight is 240 g/mol. The number of rotatable bonds is 4. The van der Waals surface area contributed by atoms with Crippen molar-refractivity contribution in [2.75, 3.05) is 6.54 Å². The normalized spacial score (nSPS) is 10.9. The fourth-order valence-corrected chi connectivity index (χ4v) is 1.81. The van der Waals surface area contributed by atoms with E-state index in [1.165, 1.54) is 6.92 Å². The van der Waals surface area contributed by atoms with E-state index < -0.39 is 0 Å². The number of aromatic nitrogens is 1. The van der Waals surface area contributed by atoms with Crippen molar-refractivity contribution in [3.8, 4) is 0 Å². The third-order valence-electron chi connectivity index (χ3n) is 2.67. The summed E-state index contributed by atoms with van der Waals surface area (Å²) in [7, 11) is 0. The monoisotopic (exact) mass is 240 g/mol. The van der Waals surface area contributed by atoms with Gasteiger partial charge in [0.1, 0.15) is 0 Å². The molecule has 1 N–H and O–H groups in total. The maximum absolute atomic E-state index is 10.7. The van der Waals surface area contributed by atoms with Gasteiger partial charge in [-0.15, -0.1) is 0 Å². The molecule has 3 heteroatoms. The van der Waals surface area contributed by atoms with Crippen molar-refractivity contribution in [1.82, 2.24) is 10.3 Å². The largest absolute Gasteiger partial charge is 0.356 e. The van der Waals surface area contributed by atoms with Crippen LogP contribution >= 0.6 is 0 Å². The van der Waals surface area contributed by atoms with Crippen molar-refractivity contribution in [3.05, 3.63) is 48.2 Å². The second-order valence-electron chi connectivity index (χ2n) is 4.09. The van der Waals surface area contributed by atoms with Crippen LogP contribution in [0.15, 0.2) is 42.6 Å². The van der Waals surface area contributed by atoms with Crippen molar-refractivity contribution in [1.29, 1.82) is 0 Å². The van der Waals surface area contributed by atoms with Gasteiger partial charge in [0.25, 0.3) is 0 Å². The minimum Gasteiger partial charge on any atom is -0.356 e. The van der Waals surface area contributed by atoms with Crippen molar-refractivity contribution in [3.63, 3.8) is 0 Å². The molecule has 0 fully saturated rings. The molecule has 0 saturated heterocycles. The Bertz CT molecular complexity index is 570. The number of benzene rings is 1. The van der Waals surface area contributed by atoms with Crippen molar-refractivity contribution in [2.45, 2.75) is 13.3 Å². The first-order valence-corrected chi connectivity index (χ1v) is 6.02. The summed E-state index contributed by atoms with van der Waals surface area (Å²) in [6, 6.07) is 10.1. The lowest BCUT2D eigenvalue weighted by Crippen LogP contribution is -2.20. The third-order valence-corrected chi connectivity index (χ3v) is 2.67. The van der Waals surface area contributed by atoms with E-state index in [-0.39, 0.29) is 5.91 Å². The Morgan fingerprint density at radius 2 is 2.17 bits per heavy atom. The van der Waals surface area contributed by atoms with Gasteiger partial charge in [0.05, 0.1) is 5.52 Å². The molecule has 18 heavy (non-hydrogen) atoms. The van der Waals surface area contributed by atoms with Crippen LogP contribution in [0, 0.1) is 0 Å². The maximum Gasteiger partial charge on any atom is 0.216 e. The highest BCUT2D eigenvalue weighted by atomic mass is 16.1. The summed E-state index contributed by atoms with van der Waals surface area (Å²) in [5.41, 5.74) is 2.16. The Morgan fingerprint density at radius 1 is 1.33 bits per heavy atom. The van der Waals surface area contributed by atoms with E-state index >= 15 is 0 Å². The molecule has 0 saturated carbocycles. The highest BCUT2D eigenvalue weighted by molar-refractivity contribution is 5.87. The maximum atomic E-state index is 10.7. The van der Waals surface area contributed by atoms with Gasteiger partial charge in [0.2, 0.25) is 5.91 Å². The molecule has 2 aromatic rings. The zero-order chi connectivity index (χ0) is 12.8. The quantitative estimate of drug-likeness (QED) is 0.835. The van der Waals surface area contributed by atoms with E-state index in [0.29, 0.717) is 6.54 Å². The van der Waals surface area contributed by atoms with E-state index in [1.807, 2.05) is 30.5 Å². The van der Waals surface area contributed by atoms with Gasteiger partial charge < -0.3 is 5.32 Å². The minimum atomic E-state index is 0.0118. The van der Waals surface area contributed by atoms with Crippen LogP contribution in [-0.4, -0.2) is 17.4 Å². The van der Waals surface area contributed by atoms with Gasteiger partial charge in [0, 0.05) is 25.1 Å². The molecule has 0 unspecified atom stereocenters. The summed E-state index contributed by atoms with van der Waals surface area (Å²) in [5.74, 6) is 0.0118. The summed E-state index contributed by atoms with van der Waals surface area (Å²) in [5, 5.41) is 3.92. The predicted molar refractivity (Wildman–Crippen MR) is 74.1 cm³/mol. The van der Waals surface area contributed by atoms with Crippen molar-refractivity contribution in [2.24, 2.45) is 0 Å². The molecule has 0 atom stereocenters. The Hall–Kier alpha value is -2.16. The highest BCUT2D eigenvalue weighted by Gasteiger charge is 1.96. The summed E-state index contributed by atoms with van der Waals surface area (Å²) in [6.07, 6.45) is 6.79. The van der Waals surface area contributed by atoms with Crippen LogP contribution in [0.25, 0.3) is 17.0 Å². The molecule has 1 aromatic carbocycles. The van der Waals surface area contributed by atoms with Crippen LogP contribution in [0.1, 0.15) is 18.9 Å². The number of fused-ring (bicyclic) bond motifs is 1. The molecule has 2 rings (SSSR count). The molecular formula is C15H16N2O. The molecule has 3 nitrogen and oxygen atoms in total. The van der Waals surface area contributed by atoms with Crippen LogP contribution in [0.4, 0.5) is 0 Å². The zero-order valence-electron chi connectivity index (χ0n) is 10.4. The Labute approximate surface area is 107 Å². The molecule has 0 aliphatic rings. The van der Waals surface area contributed by atoms with Gasteiger partial charge in [-0.25, -0.2) is 0 Å². The standard InChI is InChI=1S/C15H16N2O/c1-12(18)16-10-5-4-6-13-9-11-17-15-8-3-2-7-14(13)15/h2-4,6-9,11H,5,10H2,1H3,(H,16,18). The fraction of sp³-hybridized carbons (Fsp3) is 0.200. The third kappa shape index (κ3) is 3.17. The number of carbonyl (C=O) groups is 1. The molecule has 92 valence electrons. The lowest BCUT2D eigenvalue weighted by molar-refractivity contribution is -0.118. The number of hydrogen-bond acceptors (Lipinski definition) is 2. The van der Waals surface area contributed by atoms with Crippen LogP contribution in [0.3, 0.4) is 0 Å². The van der Waals surface area contributed by atoms with Gasteiger partial charge in [-0.1, -0.05) is 30.4 Å². The predicted octanol–water partition coefficient (Wildman–Crippen LogP) is 2.77. The number of nitrogens with zero attached hydrogens (tertiary/aromatic N) is 1. The summed E-state index contributed by atoms with van der Waals surface area (Å²) < 4.78 is 0. The molecule has 1 heterocycles. The Balaban J connectivity index is 2.07. The van der Waals surface area contributed by atoms with E-state index in [2.05, 4.69) is 28.5 Å². The first-order valence-electron chi connectivity index (χ1n) is 6.02. The second kappa shape index (κ2) is 5.96. The SMILES string of the molecule is CC(=O)NCCC=Cc1ccnc2ccccc12. The van der Waals surface area contributed by atoms with Crippen molar-refractivity contribution < 1.29 is 4.79 Å². The molecule has 0 spiro atoms. The lowest BCUT2D eigenvalue weighted by Gasteiger charge is -2.01. The molecule has 0 aliphatic carbocycles. The molecule has 1 aromatic heterocycles. The average Bonchev–Trinajstić information content (AvgIpc) is 2.38. The molecule has 0 aliphatic heterocycles. The number of para-hydroxylation sites is 1. The highest BCUT2D eigenvalue weighted by Crippen LogP contribution is 2.17. The Kier molecular flexibility index (Phi) is 4.07. The number of carbonyl (C=O) groups excluding carboxylic acids is 1. The first kappa shape index (κ1) is 12.3. The molecular weight excluding hydrogens is 224 g/mol. The van der Waals surface area contributed by atoms with E-state index in [0.717, 1.165) is 22.9 Å². The van der Waals surface area contributed by atoms with Gasteiger partial charge in [-0.3, -0.25) is 9.78 Å². The zero-order valence-corrected chi connectivity index (χ0v) is 10.4. The van der Waals surface area contributed by atoms with E-state index in [9.17, 15) is 4.79 Å². The van der Waals surface area contributed by atoms with Gasteiger partial charge in [0.15, 0.2) is 0 Å². The molecule has 0 radical (unpaired) electrons. The summed E-state index contributed by atoms with van der Waals surface area (Å²) in [4.78, 5) is 15.0. The van der Waals surface area contributed by atoms with Crippen LogP contribution in [-0.2, 0) is 4.79 Å². The summed E-state index contributed by atoms with van der Waals surface area (Å²) in [6.45, 7) is 2.20. The van der Waals surface area contributed by atoms with Crippen molar-refractivity contribution >= 4 is 22.9 Å². The molecule has 0 bridgehead atoms. The number of nitrogens with one attached hydrogen (secondary N) is 1. The summed E-state index contributed by atoms with van der Waals surface area (Å²) >= 11 is 0. The Morgan fingerprint density at radius 3 is 3.00 bits per heavy atom. The van der Waals surface area contributed by atoms with Crippen LogP contribution in [0.5, 0.6) is 0 Å².